The molecule has 0 N–H and O–H groups in total. The first-order valence-corrected chi connectivity index (χ1v) is 9.55. The molecule has 5 rings (SSSR count). The van der Waals surface area contributed by atoms with E-state index in [4.69, 9.17) is 4.98 Å². The predicted octanol–water partition coefficient (Wildman–Crippen LogP) is 1.48. The molecule has 0 atom stereocenters. The zero-order chi connectivity index (χ0) is 20.1. The predicted molar refractivity (Wildman–Crippen MR) is 109 cm³/mol. The topological polar surface area (TPSA) is 53.0 Å². The van der Waals surface area contributed by atoms with Crippen molar-refractivity contribution in [2.45, 2.75) is 19.8 Å². The van der Waals surface area contributed by atoms with Crippen LogP contribution >= 0.6 is 0 Å². The fourth-order valence-electron chi connectivity index (χ4n) is 4.19. The van der Waals surface area contributed by atoms with Crippen LogP contribution in [0.15, 0.2) is 60.7 Å². The number of pyridine rings is 1. The minimum Gasteiger partial charge on any atom is -0.545 e. The van der Waals surface area contributed by atoms with Gasteiger partial charge in [0, 0.05) is 16.5 Å². The second-order valence-corrected chi connectivity index (χ2v) is 7.50. The van der Waals surface area contributed by atoms with Crippen molar-refractivity contribution in [2.75, 3.05) is 0 Å². The second-order valence-electron chi connectivity index (χ2n) is 7.50. The van der Waals surface area contributed by atoms with Gasteiger partial charge in [0.05, 0.1) is 17.2 Å². The zero-order valence-corrected chi connectivity index (χ0v) is 18.8. The molecule has 0 spiro atoms. The molecule has 1 heterocycles. The largest absolute Gasteiger partial charge is 1.00 e. The molecule has 0 unspecified atom stereocenters. The van der Waals surface area contributed by atoms with Crippen molar-refractivity contribution >= 4 is 16.9 Å². The number of aryl methyl sites for hydroxylation is 2. The summed E-state index contributed by atoms with van der Waals surface area (Å²) in [4.78, 5) is 16.6. The summed E-state index contributed by atoms with van der Waals surface area (Å²) in [5.41, 5.74) is 7.32. The minimum absolute atomic E-state index is 0. The molecule has 1 aliphatic carbocycles. The van der Waals surface area contributed by atoms with Crippen LogP contribution in [-0.4, -0.2) is 11.0 Å². The summed E-state index contributed by atoms with van der Waals surface area (Å²) in [5.74, 6) is -1.78. The molecule has 0 fully saturated rings. The van der Waals surface area contributed by atoms with Crippen molar-refractivity contribution in [3.05, 3.63) is 88.7 Å². The van der Waals surface area contributed by atoms with E-state index >= 15 is 0 Å². The molecule has 0 aliphatic heterocycles. The average molecular weight is 405 g/mol. The SMILES string of the molecule is Cc1ccc(-c2ccc3c(c2)CCc2c-3nc3ccc(F)cc3c2C(=O)[O-])cc1.[Na+]. The minimum atomic E-state index is -1.29. The molecule has 0 saturated heterocycles. The number of hydrogen-bond acceptors (Lipinski definition) is 3. The van der Waals surface area contributed by atoms with E-state index in [1.807, 2.05) is 12.1 Å². The summed E-state index contributed by atoms with van der Waals surface area (Å²) in [6.07, 6.45) is 1.23. The van der Waals surface area contributed by atoms with Gasteiger partial charge >= 0.3 is 29.6 Å². The quantitative estimate of drug-likeness (QED) is 0.475. The van der Waals surface area contributed by atoms with Crippen LogP contribution in [0.2, 0.25) is 0 Å². The molecule has 0 bridgehead atoms. The summed E-state index contributed by atoms with van der Waals surface area (Å²) in [6, 6.07) is 18.6. The number of benzene rings is 3. The van der Waals surface area contributed by atoms with Gasteiger partial charge in [0.1, 0.15) is 5.82 Å². The normalized spacial score (nSPS) is 12.1. The molecular formula is C25H17FNNaO2. The first kappa shape index (κ1) is 20.7. The Kier molecular flexibility index (Phi) is 5.49. The van der Waals surface area contributed by atoms with Crippen LogP contribution in [-0.2, 0) is 12.8 Å². The van der Waals surface area contributed by atoms with Crippen molar-refractivity contribution in [1.82, 2.24) is 4.98 Å². The standard InChI is InChI=1S/C25H18FNO2.Na/c1-14-2-4-15(5-3-14)16-6-9-19-17(12-16)7-10-20-23(25(28)29)21-13-18(26)8-11-22(21)27-24(19)20;/h2-6,8-9,11-13H,7,10H2,1H3,(H,28,29);/q;+1/p-1. The van der Waals surface area contributed by atoms with Gasteiger partial charge in [-0.05, 0) is 60.2 Å². The maximum absolute atomic E-state index is 13.7. The third-order valence-corrected chi connectivity index (χ3v) is 5.64. The number of carbonyl (C=O) groups excluding carboxylic acids is 1. The van der Waals surface area contributed by atoms with Crippen LogP contribution in [0.3, 0.4) is 0 Å². The Hall–Kier alpha value is -2.53. The molecule has 1 aliphatic rings. The molecule has 0 radical (unpaired) electrons. The number of aromatic carboxylic acids is 1. The molecular weight excluding hydrogens is 388 g/mol. The summed E-state index contributed by atoms with van der Waals surface area (Å²) in [7, 11) is 0. The summed E-state index contributed by atoms with van der Waals surface area (Å²) < 4.78 is 13.7. The van der Waals surface area contributed by atoms with E-state index in [-0.39, 0.29) is 35.1 Å². The maximum atomic E-state index is 13.7. The number of halogens is 1. The average Bonchev–Trinajstić information content (AvgIpc) is 2.72. The zero-order valence-electron chi connectivity index (χ0n) is 16.8. The van der Waals surface area contributed by atoms with Crippen LogP contribution in [0.4, 0.5) is 4.39 Å². The monoisotopic (exact) mass is 405 g/mol. The molecule has 3 nitrogen and oxygen atoms in total. The number of nitrogens with zero attached hydrogens (tertiary/aromatic N) is 1. The van der Waals surface area contributed by atoms with Crippen molar-refractivity contribution < 1.29 is 43.8 Å². The Morgan fingerprint density at radius 1 is 0.967 bits per heavy atom. The Labute approximate surface area is 195 Å². The first-order chi connectivity index (χ1) is 14.0. The number of rotatable bonds is 2. The van der Waals surface area contributed by atoms with Gasteiger partial charge in [-0.25, -0.2) is 9.37 Å². The second kappa shape index (κ2) is 7.95. The summed E-state index contributed by atoms with van der Waals surface area (Å²) in [6.45, 7) is 2.06. The van der Waals surface area contributed by atoms with Gasteiger partial charge in [-0.2, -0.15) is 0 Å². The van der Waals surface area contributed by atoms with Gasteiger partial charge in [0.25, 0.3) is 0 Å². The molecule has 30 heavy (non-hydrogen) atoms. The van der Waals surface area contributed by atoms with Gasteiger partial charge in [-0.1, -0.05) is 48.0 Å². The Balaban J connectivity index is 0.00000218. The summed E-state index contributed by atoms with van der Waals surface area (Å²) >= 11 is 0. The van der Waals surface area contributed by atoms with Crippen LogP contribution in [0, 0.1) is 12.7 Å². The van der Waals surface area contributed by atoms with Gasteiger partial charge in [-0.3, -0.25) is 0 Å². The molecule has 0 amide bonds. The fraction of sp³-hybridized carbons (Fsp3) is 0.120. The van der Waals surface area contributed by atoms with Crippen molar-refractivity contribution in [1.29, 1.82) is 0 Å². The van der Waals surface area contributed by atoms with Crippen molar-refractivity contribution in [2.24, 2.45) is 0 Å². The van der Waals surface area contributed by atoms with Gasteiger partial charge < -0.3 is 9.90 Å². The first-order valence-electron chi connectivity index (χ1n) is 9.55. The van der Waals surface area contributed by atoms with E-state index < -0.39 is 11.8 Å². The third kappa shape index (κ3) is 3.45. The van der Waals surface area contributed by atoms with E-state index in [2.05, 4.69) is 37.3 Å². The van der Waals surface area contributed by atoms with E-state index in [1.54, 1.807) is 0 Å². The van der Waals surface area contributed by atoms with Crippen molar-refractivity contribution in [3.8, 4) is 22.4 Å². The van der Waals surface area contributed by atoms with E-state index in [9.17, 15) is 14.3 Å². The number of carboxylic acid groups (broad SMARTS) is 1. The number of hydrogen-bond donors (Lipinski definition) is 0. The maximum Gasteiger partial charge on any atom is 1.00 e. The summed E-state index contributed by atoms with van der Waals surface area (Å²) in [5, 5.41) is 12.2. The smallest absolute Gasteiger partial charge is 0.545 e. The number of fused-ring (bicyclic) bond motifs is 4. The van der Waals surface area contributed by atoms with Crippen LogP contribution in [0.1, 0.15) is 27.0 Å². The molecule has 4 aromatic rings. The Bertz CT molecular complexity index is 1300. The van der Waals surface area contributed by atoms with Gasteiger partial charge in [0.2, 0.25) is 0 Å². The molecule has 142 valence electrons. The fourth-order valence-corrected chi connectivity index (χ4v) is 4.19. The Morgan fingerprint density at radius 3 is 2.43 bits per heavy atom. The van der Waals surface area contributed by atoms with Crippen LogP contribution in [0.5, 0.6) is 0 Å². The van der Waals surface area contributed by atoms with Gasteiger partial charge in [-0.15, -0.1) is 0 Å². The number of carboxylic acids is 1. The molecule has 0 saturated carbocycles. The van der Waals surface area contributed by atoms with Crippen LogP contribution in [0.25, 0.3) is 33.3 Å². The molecule has 3 aromatic carbocycles. The number of carbonyl (C=O) groups is 1. The van der Waals surface area contributed by atoms with Gasteiger partial charge in [0.15, 0.2) is 0 Å². The Morgan fingerprint density at radius 2 is 1.70 bits per heavy atom. The van der Waals surface area contributed by atoms with Crippen LogP contribution < -0.4 is 34.7 Å². The van der Waals surface area contributed by atoms with Crippen molar-refractivity contribution in [3.63, 3.8) is 0 Å². The molecule has 1 aromatic heterocycles. The van der Waals surface area contributed by atoms with E-state index in [0.29, 0.717) is 35.0 Å². The number of aromatic nitrogens is 1. The molecule has 5 heteroatoms. The van der Waals surface area contributed by atoms with E-state index in [1.165, 1.54) is 23.8 Å². The van der Waals surface area contributed by atoms with E-state index in [0.717, 1.165) is 22.3 Å². The third-order valence-electron chi connectivity index (χ3n) is 5.64.